The highest BCUT2D eigenvalue weighted by atomic mass is 32.2. The normalized spacial score (nSPS) is 11.1. The van der Waals surface area contributed by atoms with E-state index in [0.717, 1.165) is 46.6 Å². The summed E-state index contributed by atoms with van der Waals surface area (Å²) in [5, 5.41) is 9.39. The van der Waals surface area contributed by atoms with Crippen molar-refractivity contribution in [1.29, 1.82) is 0 Å². The van der Waals surface area contributed by atoms with Crippen molar-refractivity contribution < 1.29 is 4.79 Å². The van der Waals surface area contributed by atoms with Crippen LogP contribution in [0.15, 0.2) is 35.5 Å². The maximum absolute atomic E-state index is 12.7. The van der Waals surface area contributed by atoms with Crippen molar-refractivity contribution in [2.45, 2.75) is 32.9 Å². The first kappa shape index (κ1) is 21.2. The number of ketones is 1. The van der Waals surface area contributed by atoms with Crippen LogP contribution in [0, 0.1) is 13.8 Å². The number of hydrogen-bond acceptors (Lipinski definition) is 5. The number of benzene rings is 1. The second-order valence-corrected chi connectivity index (χ2v) is 8.08. The molecule has 0 saturated carbocycles. The van der Waals surface area contributed by atoms with Gasteiger partial charge in [0.25, 0.3) is 0 Å². The second kappa shape index (κ2) is 8.86. The minimum absolute atomic E-state index is 0.115. The summed E-state index contributed by atoms with van der Waals surface area (Å²) in [7, 11) is 3.92. The van der Waals surface area contributed by atoms with Gasteiger partial charge in [-0.2, -0.15) is 0 Å². The molecule has 0 aliphatic heterocycles. The Morgan fingerprint density at radius 1 is 1.03 bits per heavy atom. The molecular formula is C22H29N5OS. The summed E-state index contributed by atoms with van der Waals surface area (Å²) in [5.41, 5.74) is 5.09. The Morgan fingerprint density at radius 2 is 1.69 bits per heavy atom. The fraction of sp³-hybridized carbons (Fsp3) is 0.409. The van der Waals surface area contributed by atoms with Crippen LogP contribution in [0.2, 0.25) is 0 Å². The third-order valence-electron chi connectivity index (χ3n) is 5.50. The number of anilines is 1. The van der Waals surface area contributed by atoms with Crippen molar-refractivity contribution in [1.82, 2.24) is 19.3 Å². The Kier molecular flexibility index (Phi) is 6.47. The van der Waals surface area contributed by atoms with E-state index in [2.05, 4.69) is 53.2 Å². The first-order chi connectivity index (χ1) is 13.9. The lowest BCUT2D eigenvalue weighted by Crippen LogP contribution is -2.21. The van der Waals surface area contributed by atoms with E-state index in [4.69, 9.17) is 0 Å². The first-order valence-corrected chi connectivity index (χ1v) is 10.9. The molecule has 154 valence electrons. The average Bonchev–Trinajstić information content (AvgIpc) is 3.22. The van der Waals surface area contributed by atoms with Crippen LogP contribution in [0.1, 0.15) is 35.6 Å². The summed E-state index contributed by atoms with van der Waals surface area (Å²) in [4.78, 5) is 15.0. The van der Waals surface area contributed by atoms with Crippen LogP contribution >= 0.6 is 11.8 Å². The molecule has 0 N–H and O–H groups in total. The standard InChI is InChI=1S/C22H29N5OS/c1-7-27(8-2)18-11-9-17(10-12-18)21-23-24-22(26(21)6)29-14-20(28)19-13-15(3)25(5)16(19)4/h9-13H,7-8,14H2,1-6H3. The zero-order valence-electron chi connectivity index (χ0n) is 18.1. The van der Waals surface area contributed by atoms with Crippen molar-refractivity contribution >= 4 is 23.2 Å². The van der Waals surface area contributed by atoms with E-state index >= 15 is 0 Å². The Morgan fingerprint density at radius 3 is 2.24 bits per heavy atom. The molecule has 29 heavy (non-hydrogen) atoms. The minimum Gasteiger partial charge on any atom is -0.372 e. The van der Waals surface area contributed by atoms with Gasteiger partial charge in [-0.15, -0.1) is 10.2 Å². The van der Waals surface area contributed by atoms with E-state index in [1.165, 1.54) is 17.4 Å². The lowest BCUT2D eigenvalue weighted by atomic mass is 10.2. The van der Waals surface area contributed by atoms with Crippen molar-refractivity contribution in [3.8, 4) is 11.4 Å². The molecule has 7 heteroatoms. The smallest absolute Gasteiger partial charge is 0.191 e. The fourth-order valence-electron chi connectivity index (χ4n) is 3.45. The molecule has 3 aromatic rings. The quantitative estimate of drug-likeness (QED) is 0.409. The predicted octanol–water partition coefficient (Wildman–Crippen LogP) is 4.26. The highest BCUT2D eigenvalue weighted by Gasteiger charge is 2.17. The summed E-state index contributed by atoms with van der Waals surface area (Å²) in [5.74, 6) is 1.26. The summed E-state index contributed by atoms with van der Waals surface area (Å²) < 4.78 is 3.99. The molecule has 2 heterocycles. The lowest BCUT2D eigenvalue weighted by Gasteiger charge is -2.21. The molecule has 2 aromatic heterocycles. The number of aryl methyl sites for hydroxylation is 1. The molecule has 1 aromatic carbocycles. The van der Waals surface area contributed by atoms with Crippen molar-refractivity contribution in [3.63, 3.8) is 0 Å². The van der Waals surface area contributed by atoms with E-state index < -0.39 is 0 Å². The Hall–Kier alpha value is -2.54. The molecule has 0 bridgehead atoms. The highest BCUT2D eigenvalue weighted by molar-refractivity contribution is 7.99. The molecule has 0 spiro atoms. The van der Waals surface area contributed by atoms with E-state index in [1.807, 2.05) is 43.1 Å². The second-order valence-electron chi connectivity index (χ2n) is 7.14. The van der Waals surface area contributed by atoms with Gasteiger partial charge < -0.3 is 14.0 Å². The largest absolute Gasteiger partial charge is 0.372 e. The van der Waals surface area contributed by atoms with Gasteiger partial charge in [0.1, 0.15) is 0 Å². The number of carbonyl (C=O) groups excluding carboxylic acids is 1. The monoisotopic (exact) mass is 411 g/mol. The molecular weight excluding hydrogens is 382 g/mol. The summed E-state index contributed by atoms with van der Waals surface area (Å²) in [6, 6.07) is 10.3. The molecule has 0 amide bonds. The number of thioether (sulfide) groups is 1. The highest BCUT2D eigenvalue weighted by Crippen LogP contribution is 2.26. The van der Waals surface area contributed by atoms with E-state index in [-0.39, 0.29) is 5.78 Å². The van der Waals surface area contributed by atoms with Crippen molar-refractivity contribution in [3.05, 3.63) is 47.3 Å². The zero-order valence-corrected chi connectivity index (χ0v) is 18.9. The molecule has 0 fully saturated rings. The van der Waals surface area contributed by atoms with Crippen LogP contribution in [0.3, 0.4) is 0 Å². The van der Waals surface area contributed by atoms with Crippen LogP contribution in [0.4, 0.5) is 5.69 Å². The third kappa shape index (κ3) is 4.24. The molecule has 0 unspecified atom stereocenters. The molecule has 0 atom stereocenters. The third-order valence-corrected chi connectivity index (χ3v) is 6.52. The van der Waals surface area contributed by atoms with E-state index in [0.29, 0.717) is 5.75 Å². The number of carbonyl (C=O) groups is 1. The topological polar surface area (TPSA) is 56.0 Å². The van der Waals surface area contributed by atoms with Crippen molar-refractivity contribution in [2.75, 3.05) is 23.7 Å². The molecule has 6 nitrogen and oxygen atoms in total. The van der Waals surface area contributed by atoms with Gasteiger partial charge in [-0.25, -0.2) is 0 Å². The fourth-order valence-corrected chi connectivity index (χ4v) is 4.24. The van der Waals surface area contributed by atoms with Gasteiger partial charge in [0, 0.05) is 55.4 Å². The summed E-state index contributed by atoms with van der Waals surface area (Å²) in [6.07, 6.45) is 0. The van der Waals surface area contributed by atoms with Crippen LogP contribution in [0.25, 0.3) is 11.4 Å². The number of aromatic nitrogens is 4. The summed E-state index contributed by atoms with van der Waals surface area (Å²) >= 11 is 1.43. The Balaban J connectivity index is 1.72. The molecule has 0 saturated heterocycles. The predicted molar refractivity (Wildman–Crippen MR) is 120 cm³/mol. The average molecular weight is 412 g/mol. The number of nitrogens with zero attached hydrogens (tertiary/aromatic N) is 5. The van der Waals surface area contributed by atoms with Gasteiger partial charge in [0.05, 0.1) is 5.75 Å². The van der Waals surface area contributed by atoms with Gasteiger partial charge in [-0.1, -0.05) is 11.8 Å². The van der Waals surface area contributed by atoms with E-state index in [1.54, 1.807) is 0 Å². The van der Waals surface area contributed by atoms with Crippen LogP contribution in [0.5, 0.6) is 0 Å². The minimum atomic E-state index is 0.115. The van der Waals surface area contributed by atoms with Gasteiger partial charge in [0.15, 0.2) is 16.8 Å². The molecule has 0 aliphatic rings. The Labute approximate surface area is 176 Å². The maximum Gasteiger partial charge on any atom is 0.191 e. The van der Waals surface area contributed by atoms with Crippen LogP contribution in [-0.4, -0.2) is 44.0 Å². The zero-order chi connectivity index (χ0) is 21.1. The first-order valence-electron chi connectivity index (χ1n) is 9.91. The van der Waals surface area contributed by atoms with E-state index in [9.17, 15) is 4.79 Å². The van der Waals surface area contributed by atoms with Gasteiger partial charge in [-0.05, 0) is 58.0 Å². The SMILES string of the molecule is CCN(CC)c1ccc(-c2nnc(SCC(=O)c3cc(C)n(C)c3C)n2C)cc1. The van der Waals surface area contributed by atoms with Gasteiger partial charge in [0.2, 0.25) is 0 Å². The number of rotatable bonds is 8. The summed E-state index contributed by atoms with van der Waals surface area (Å²) in [6.45, 7) is 10.3. The Bertz CT molecular complexity index is 999. The van der Waals surface area contributed by atoms with Crippen LogP contribution in [-0.2, 0) is 14.1 Å². The maximum atomic E-state index is 12.7. The van der Waals surface area contributed by atoms with Gasteiger partial charge in [-0.3, -0.25) is 4.79 Å². The lowest BCUT2D eigenvalue weighted by molar-refractivity contribution is 0.102. The molecule has 0 aliphatic carbocycles. The van der Waals surface area contributed by atoms with Gasteiger partial charge >= 0.3 is 0 Å². The number of Topliss-reactive ketones (excluding diaryl/α,β-unsaturated/α-hetero) is 1. The molecule has 3 rings (SSSR count). The van der Waals surface area contributed by atoms with Crippen molar-refractivity contribution in [2.24, 2.45) is 14.1 Å². The molecule has 0 radical (unpaired) electrons. The van der Waals surface area contributed by atoms with Crippen LogP contribution < -0.4 is 4.90 Å². The number of hydrogen-bond donors (Lipinski definition) is 0.